The fraction of sp³-hybridized carbons (Fsp3) is 0.462. The van der Waals surface area contributed by atoms with E-state index in [1.807, 2.05) is 0 Å². The molecule has 2 rings (SSSR count). The Morgan fingerprint density at radius 3 is 2.95 bits per heavy atom. The van der Waals surface area contributed by atoms with Crippen LogP contribution in [-0.2, 0) is 16.1 Å². The molecule has 4 nitrogen and oxygen atoms in total. The summed E-state index contributed by atoms with van der Waals surface area (Å²) in [6.45, 7) is 1.11. The summed E-state index contributed by atoms with van der Waals surface area (Å²) in [4.78, 5) is 10.7. The molecular formula is C13H15ClFNO3. The number of aliphatic carboxylic acids is 1. The van der Waals surface area contributed by atoms with Crippen LogP contribution in [0.1, 0.15) is 18.4 Å². The van der Waals surface area contributed by atoms with Gasteiger partial charge < -0.3 is 15.2 Å². The minimum Gasteiger partial charge on any atom is -0.479 e. The average molecular weight is 288 g/mol. The first kappa shape index (κ1) is 14.2. The third kappa shape index (κ3) is 3.89. The first-order valence-electron chi connectivity index (χ1n) is 6.09. The summed E-state index contributed by atoms with van der Waals surface area (Å²) in [5.74, 6) is -1.35. The predicted molar refractivity (Wildman–Crippen MR) is 68.6 cm³/mol. The molecule has 0 aromatic heterocycles. The van der Waals surface area contributed by atoms with E-state index in [-0.39, 0.29) is 11.1 Å². The van der Waals surface area contributed by atoms with Crippen molar-refractivity contribution in [2.45, 2.75) is 31.6 Å². The molecule has 1 aliphatic heterocycles. The van der Waals surface area contributed by atoms with Gasteiger partial charge in [0.05, 0.1) is 11.1 Å². The molecule has 1 aromatic carbocycles. The minimum atomic E-state index is -0.909. The molecule has 1 heterocycles. The highest BCUT2D eigenvalue weighted by Crippen LogP contribution is 2.19. The summed E-state index contributed by atoms with van der Waals surface area (Å²) in [7, 11) is 0. The first-order valence-corrected chi connectivity index (χ1v) is 6.47. The average Bonchev–Trinajstić information content (AvgIpc) is 2.83. The highest BCUT2D eigenvalue weighted by molar-refractivity contribution is 6.30. The fourth-order valence-electron chi connectivity index (χ4n) is 2.06. The molecule has 1 aliphatic rings. The Hall–Kier alpha value is -1.17. The van der Waals surface area contributed by atoms with Crippen molar-refractivity contribution in [3.8, 4) is 0 Å². The van der Waals surface area contributed by atoms with Crippen molar-refractivity contribution in [1.82, 2.24) is 5.32 Å². The third-order valence-corrected chi connectivity index (χ3v) is 3.36. The van der Waals surface area contributed by atoms with Gasteiger partial charge >= 0.3 is 5.97 Å². The summed E-state index contributed by atoms with van der Waals surface area (Å²) >= 11 is 5.68. The van der Waals surface area contributed by atoms with Gasteiger partial charge in [0.15, 0.2) is 6.10 Å². The Morgan fingerprint density at radius 1 is 1.53 bits per heavy atom. The molecule has 0 aliphatic carbocycles. The second kappa shape index (κ2) is 6.32. The molecule has 2 unspecified atom stereocenters. The van der Waals surface area contributed by atoms with Gasteiger partial charge in [-0.1, -0.05) is 17.7 Å². The van der Waals surface area contributed by atoms with Crippen LogP contribution in [0.3, 0.4) is 0 Å². The quantitative estimate of drug-likeness (QED) is 0.872. The van der Waals surface area contributed by atoms with Gasteiger partial charge in [0.1, 0.15) is 5.82 Å². The van der Waals surface area contributed by atoms with Gasteiger partial charge in [0, 0.05) is 13.1 Å². The van der Waals surface area contributed by atoms with Gasteiger partial charge in [0.25, 0.3) is 0 Å². The molecule has 2 N–H and O–H groups in total. The van der Waals surface area contributed by atoms with Crippen LogP contribution < -0.4 is 5.32 Å². The number of hydrogen-bond acceptors (Lipinski definition) is 3. The molecule has 1 saturated heterocycles. The van der Waals surface area contributed by atoms with E-state index in [1.54, 1.807) is 12.1 Å². The summed E-state index contributed by atoms with van der Waals surface area (Å²) in [6, 6.07) is 4.55. The van der Waals surface area contributed by atoms with E-state index in [0.29, 0.717) is 19.5 Å². The van der Waals surface area contributed by atoms with Gasteiger partial charge in [-0.25, -0.2) is 9.18 Å². The minimum absolute atomic E-state index is 0.0861. The lowest BCUT2D eigenvalue weighted by atomic mass is 10.2. The zero-order valence-corrected chi connectivity index (χ0v) is 11.0. The van der Waals surface area contributed by atoms with Crippen molar-refractivity contribution in [1.29, 1.82) is 0 Å². The third-order valence-electron chi connectivity index (χ3n) is 3.07. The van der Waals surface area contributed by atoms with E-state index in [4.69, 9.17) is 21.4 Å². The van der Waals surface area contributed by atoms with E-state index in [2.05, 4.69) is 5.32 Å². The lowest BCUT2D eigenvalue weighted by molar-refractivity contribution is -0.149. The largest absolute Gasteiger partial charge is 0.479 e. The Labute approximate surface area is 115 Å². The smallest absolute Gasteiger partial charge is 0.332 e. The molecule has 1 fully saturated rings. The SMILES string of the molecule is O=C(O)C1CCC(CNCc2ccc(F)c(Cl)c2)O1. The van der Waals surface area contributed by atoms with E-state index in [9.17, 15) is 9.18 Å². The number of ether oxygens (including phenoxy) is 1. The first-order chi connectivity index (χ1) is 9.06. The summed E-state index contributed by atoms with van der Waals surface area (Å²) in [5.41, 5.74) is 0.874. The highest BCUT2D eigenvalue weighted by Gasteiger charge is 2.29. The van der Waals surface area contributed by atoms with Gasteiger partial charge in [-0.3, -0.25) is 0 Å². The molecule has 2 atom stereocenters. The van der Waals surface area contributed by atoms with Crippen molar-refractivity contribution in [3.63, 3.8) is 0 Å². The van der Waals surface area contributed by atoms with Crippen LogP contribution in [0.4, 0.5) is 4.39 Å². The topological polar surface area (TPSA) is 58.6 Å². The van der Waals surface area contributed by atoms with Crippen LogP contribution >= 0.6 is 11.6 Å². The second-order valence-electron chi connectivity index (χ2n) is 4.54. The van der Waals surface area contributed by atoms with Crippen molar-refractivity contribution in [3.05, 3.63) is 34.6 Å². The van der Waals surface area contributed by atoms with E-state index in [1.165, 1.54) is 6.07 Å². The standard InChI is InChI=1S/C13H15ClFNO3/c14-10-5-8(1-3-11(10)15)6-16-7-9-2-4-12(19-9)13(17)18/h1,3,5,9,12,16H,2,4,6-7H2,(H,17,18). The molecule has 0 radical (unpaired) electrons. The monoisotopic (exact) mass is 287 g/mol. The summed E-state index contributed by atoms with van der Waals surface area (Å²) in [6.07, 6.45) is 0.502. The number of hydrogen-bond donors (Lipinski definition) is 2. The van der Waals surface area contributed by atoms with Gasteiger partial charge in [0.2, 0.25) is 0 Å². The van der Waals surface area contributed by atoms with E-state index in [0.717, 1.165) is 12.0 Å². The van der Waals surface area contributed by atoms with Crippen LogP contribution in [0.2, 0.25) is 5.02 Å². The van der Waals surface area contributed by atoms with Crippen LogP contribution in [0, 0.1) is 5.82 Å². The zero-order chi connectivity index (χ0) is 13.8. The maximum atomic E-state index is 13.0. The number of nitrogens with one attached hydrogen (secondary N) is 1. The van der Waals surface area contributed by atoms with Crippen molar-refractivity contribution >= 4 is 17.6 Å². The van der Waals surface area contributed by atoms with Crippen LogP contribution in [0.15, 0.2) is 18.2 Å². The number of halogens is 2. The number of rotatable bonds is 5. The second-order valence-corrected chi connectivity index (χ2v) is 4.95. The molecular weight excluding hydrogens is 273 g/mol. The molecule has 19 heavy (non-hydrogen) atoms. The molecule has 1 aromatic rings. The molecule has 6 heteroatoms. The highest BCUT2D eigenvalue weighted by atomic mass is 35.5. The summed E-state index contributed by atoms with van der Waals surface area (Å²) in [5, 5.41) is 12.0. The normalized spacial score (nSPS) is 22.6. The zero-order valence-electron chi connectivity index (χ0n) is 10.2. The van der Waals surface area contributed by atoms with Gasteiger partial charge in [-0.15, -0.1) is 0 Å². The number of carbonyl (C=O) groups is 1. The molecule has 0 amide bonds. The van der Waals surface area contributed by atoms with Gasteiger partial charge in [-0.2, -0.15) is 0 Å². The molecule has 104 valence electrons. The van der Waals surface area contributed by atoms with Crippen LogP contribution in [-0.4, -0.2) is 29.8 Å². The van der Waals surface area contributed by atoms with Crippen molar-refractivity contribution in [2.24, 2.45) is 0 Å². The predicted octanol–water partition coefficient (Wildman–Crippen LogP) is 2.20. The van der Waals surface area contributed by atoms with Crippen molar-refractivity contribution < 1.29 is 19.0 Å². The van der Waals surface area contributed by atoms with E-state index < -0.39 is 17.9 Å². The maximum absolute atomic E-state index is 13.0. The Bertz CT molecular complexity index is 469. The number of carboxylic acid groups (broad SMARTS) is 1. The number of carboxylic acids is 1. The number of benzene rings is 1. The molecule has 0 saturated carbocycles. The van der Waals surface area contributed by atoms with Crippen LogP contribution in [0.25, 0.3) is 0 Å². The Morgan fingerprint density at radius 2 is 2.32 bits per heavy atom. The van der Waals surface area contributed by atoms with E-state index >= 15 is 0 Å². The maximum Gasteiger partial charge on any atom is 0.332 e. The lowest BCUT2D eigenvalue weighted by Gasteiger charge is -2.12. The Balaban J connectivity index is 1.75. The van der Waals surface area contributed by atoms with Gasteiger partial charge in [-0.05, 0) is 30.5 Å². The Kier molecular flexibility index (Phi) is 4.74. The van der Waals surface area contributed by atoms with Crippen LogP contribution in [0.5, 0.6) is 0 Å². The summed E-state index contributed by atoms with van der Waals surface area (Å²) < 4.78 is 18.3. The lowest BCUT2D eigenvalue weighted by Crippen LogP contribution is -2.28. The fourth-order valence-corrected chi connectivity index (χ4v) is 2.27. The molecule has 0 bridgehead atoms. The molecule has 0 spiro atoms. The van der Waals surface area contributed by atoms with Crippen molar-refractivity contribution in [2.75, 3.05) is 6.54 Å².